The number of carbonyl (C=O) groups excluding carboxylic acids is 1. The fourth-order valence-corrected chi connectivity index (χ4v) is 1.07. The second kappa shape index (κ2) is 4.91. The number of hydrogen-bond donors (Lipinski definition) is 2. The van der Waals surface area contributed by atoms with Crippen molar-refractivity contribution in [2.75, 3.05) is 6.54 Å². The number of nitrogens with zero attached hydrogens (tertiary/aromatic N) is 3. The first-order chi connectivity index (χ1) is 7.78. The van der Waals surface area contributed by atoms with Gasteiger partial charge in [0, 0.05) is 12.1 Å². The molecule has 0 saturated heterocycles. The molecule has 0 aliphatic heterocycles. The van der Waals surface area contributed by atoms with E-state index in [-0.39, 0.29) is 18.3 Å². The highest BCUT2D eigenvalue weighted by Crippen LogP contribution is 2.04. The third kappa shape index (κ3) is 4.60. The van der Waals surface area contributed by atoms with Crippen LogP contribution in [0, 0.1) is 10.1 Å². The summed E-state index contributed by atoms with van der Waals surface area (Å²) in [6.07, 6.45) is 1.38. The molecule has 0 aromatic carbocycles. The molecular weight excluding hydrogens is 226 g/mol. The molecule has 8 heteroatoms. The van der Waals surface area contributed by atoms with Gasteiger partial charge < -0.3 is 21.2 Å². The van der Waals surface area contributed by atoms with Crippen molar-refractivity contribution in [3.05, 3.63) is 22.4 Å². The lowest BCUT2D eigenvalue weighted by Crippen LogP contribution is -2.45. The Morgan fingerprint density at radius 2 is 2.35 bits per heavy atom. The number of rotatable bonds is 5. The summed E-state index contributed by atoms with van der Waals surface area (Å²) in [6.45, 7) is 3.83. The molecular formula is C9H15N5O3. The zero-order valence-corrected chi connectivity index (χ0v) is 9.71. The van der Waals surface area contributed by atoms with Gasteiger partial charge in [-0.3, -0.25) is 4.79 Å². The molecule has 0 radical (unpaired) electrons. The second-order valence-electron chi connectivity index (χ2n) is 4.39. The van der Waals surface area contributed by atoms with E-state index < -0.39 is 10.5 Å². The van der Waals surface area contributed by atoms with Crippen LogP contribution >= 0.6 is 0 Å². The van der Waals surface area contributed by atoms with Crippen LogP contribution in [0.15, 0.2) is 12.3 Å². The molecule has 0 aliphatic carbocycles. The number of nitro groups is 1. The monoisotopic (exact) mass is 241 g/mol. The first kappa shape index (κ1) is 13.1. The molecule has 8 nitrogen and oxygen atoms in total. The summed E-state index contributed by atoms with van der Waals surface area (Å²) in [4.78, 5) is 21.2. The van der Waals surface area contributed by atoms with Crippen molar-refractivity contribution in [2.24, 2.45) is 5.73 Å². The zero-order chi connectivity index (χ0) is 13.1. The van der Waals surface area contributed by atoms with Gasteiger partial charge in [0.1, 0.15) is 6.54 Å². The summed E-state index contributed by atoms with van der Waals surface area (Å²) in [7, 11) is 0. The van der Waals surface area contributed by atoms with Crippen molar-refractivity contribution in [3.8, 4) is 0 Å². The molecule has 1 aromatic rings. The first-order valence-electron chi connectivity index (χ1n) is 5.01. The maximum Gasteiger partial charge on any atom is 0.389 e. The quantitative estimate of drug-likeness (QED) is 0.539. The molecule has 0 bridgehead atoms. The fourth-order valence-electron chi connectivity index (χ4n) is 1.07. The lowest BCUT2D eigenvalue weighted by molar-refractivity contribution is -0.389. The van der Waals surface area contributed by atoms with Crippen LogP contribution in [-0.4, -0.2) is 32.7 Å². The van der Waals surface area contributed by atoms with Crippen LogP contribution in [0.3, 0.4) is 0 Å². The molecule has 94 valence electrons. The molecule has 0 aliphatic rings. The van der Waals surface area contributed by atoms with Crippen molar-refractivity contribution >= 4 is 11.7 Å². The number of nitrogens with one attached hydrogen (secondary N) is 1. The third-order valence-corrected chi connectivity index (χ3v) is 1.86. The van der Waals surface area contributed by atoms with Crippen LogP contribution in [0.5, 0.6) is 0 Å². The van der Waals surface area contributed by atoms with Crippen LogP contribution in [0.25, 0.3) is 0 Å². The lowest BCUT2D eigenvalue weighted by atomic mass is 10.1. The Morgan fingerprint density at radius 3 is 2.82 bits per heavy atom. The van der Waals surface area contributed by atoms with Crippen molar-refractivity contribution in [1.29, 1.82) is 0 Å². The smallest absolute Gasteiger partial charge is 0.358 e. The van der Waals surface area contributed by atoms with E-state index in [0.29, 0.717) is 6.54 Å². The van der Waals surface area contributed by atoms with Crippen molar-refractivity contribution in [3.63, 3.8) is 0 Å². The summed E-state index contributed by atoms with van der Waals surface area (Å²) in [5, 5.41) is 16.6. The Balaban J connectivity index is 2.48. The number of amides is 1. The van der Waals surface area contributed by atoms with Crippen LogP contribution in [0.4, 0.5) is 5.82 Å². The Labute approximate surface area is 97.9 Å². The Bertz CT molecular complexity index is 421. The van der Waals surface area contributed by atoms with E-state index >= 15 is 0 Å². The molecule has 0 unspecified atom stereocenters. The lowest BCUT2D eigenvalue weighted by Gasteiger charge is -2.18. The summed E-state index contributed by atoms with van der Waals surface area (Å²) in [5.41, 5.74) is 5.20. The maximum atomic E-state index is 11.4. The van der Waals surface area contributed by atoms with Crippen molar-refractivity contribution in [2.45, 2.75) is 25.9 Å². The van der Waals surface area contributed by atoms with E-state index in [0.717, 1.165) is 0 Å². The van der Waals surface area contributed by atoms with E-state index in [1.807, 2.05) is 0 Å². The van der Waals surface area contributed by atoms with Gasteiger partial charge in [0.2, 0.25) is 5.91 Å². The Morgan fingerprint density at radius 1 is 1.71 bits per heavy atom. The molecule has 0 spiro atoms. The number of carbonyl (C=O) groups is 1. The second-order valence-corrected chi connectivity index (χ2v) is 4.39. The summed E-state index contributed by atoms with van der Waals surface area (Å²) >= 11 is 0. The van der Waals surface area contributed by atoms with Crippen molar-refractivity contribution in [1.82, 2.24) is 15.1 Å². The molecule has 3 N–H and O–H groups in total. The topological polar surface area (TPSA) is 116 Å². The summed E-state index contributed by atoms with van der Waals surface area (Å²) in [6, 6.07) is 1.24. The minimum absolute atomic E-state index is 0.0656. The average molecular weight is 241 g/mol. The predicted octanol–water partition coefficient (Wildman–Crippen LogP) is -0.355. The molecule has 1 amide bonds. The fraction of sp³-hybridized carbons (Fsp3) is 0.556. The largest absolute Gasteiger partial charge is 0.389 e. The van der Waals surface area contributed by atoms with E-state index in [9.17, 15) is 14.9 Å². The third-order valence-electron chi connectivity index (χ3n) is 1.86. The standard InChI is InChI=1S/C9H15N5O3/c1-9(2,10)6-11-8(15)5-13-4-3-7(12-13)14(16)17/h3-4H,5-6,10H2,1-2H3,(H,11,15). The van der Waals surface area contributed by atoms with Gasteiger partial charge in [0.15, 0.2) is 0 Å². The van der Waals surface area contributed by atoms with Gasteiger partial charge in [-0.1, -0.05) is 0 Å². The summed E-state index contributed by atoms with van der Waals surface area (Å²) < 4.78 is 1.21. The van der Waals surface area contributed by atoms with E-state index in [1.165, 1.54) is 16.9 Å². The number of hydrogen-bond acceptors (Lipinski definition) is 5. The van der Waals surface area contributed by atoms with Crippen LogP contribution in [0.1, 0.15) is 13.8 Å². The summed E-state index contributed by atoms with van der Waals surface area (Å²) in [5.74, 6) is -0.571. The van der Waals surface area contributed by atoms with E-state index in [2.05, 4.69) is 10.4 Å². The maximum absolute atomic E-state index is 11.4. The highest BCUT2D eigenvalue weighted by molar-refractivity contribution is 5.75. The number of aromatic nitrogens is 2. The average Bonchev–Trinajstić information content (AvgIpc) is 2.62. The SMILES string of the molecule is CC(C)(N)CNC(=O)Cn1ccc([N+](=O)[O-])n1. The minimum atomic E-state index is -0.614. The van der Waals surface area contributed by atoms with Gasteiger partial charge in [-0.25, -0.2) is 0 Å². The van der Waals surface area contributed by atoms with Gasteiger partial charge in [0.25, 0.3) is 0 Å². The highest BCUT2D eigenvalue weighted by atomic mass is 16.6. The Hall–Kier alpha value is -1.96. The molecule has 0 saturated carbocycles. The van der Waals surface area contributed by atoms with E-state index in [4.69, 9.17) is 5.73 Å². The zero-order valence-electron chi connectivity index (χ0n) is 9.71. The molecule has 1 aromatic heterocycles. The Kier molecular flexibility index (Phi) is 3.79. The molecule has 0 fully saturated rings. The number of nitrogens with two attached hydrogens (primary N) is 1. The van der Waals surface area contributed by atoms with Gasteiger partial charge in [-0.2, -0.15) is 4.68 Å². The van der Waals surface area contributed by atoms with E-state index in [1.54, 1.807) is 13.8 Å². The molecule has 17 heavy (non-hydrogen) atoms. The minimum Gasteiger partial charge on any atom is -0.358 e. The highest BCUT2D eigenvalue weighted by Gasteiger charge is 2.15. The van der Waals surface area contributed by atoms with Gasteiger partial charge in [-0.15, -0.1) is 0 Å². The first-order valence-corrected chi connectivity index (χ1v) is 5.01. The molecule has 0 atom stereocenters. The van der Waals surface area contributed by atoms with Crippen LogP contribution < -0.4 is 11.1 Å². The predicted molar refractivity (Wildman–Crippen MR) is 60.2 cm³/mol. The van der Waals surface area contributed by atoms with Gasteiger partial charge >= 0.3 is 5.82 Å². The van der Waals surface area contributed by atoms with Crippen LogP contribution in [-0.2, 0) is 11.3 Å². The van der Waals surface area contributed by atoms with Crippen molar-refractivity contribution < 1.29 is 9.72 Å². The molecule has 1 rings (SSSR count). The van der Waals surface area contributed by atoms with Crippen LogP contribution in [0.2, 0.25) is 0 Å². The van der Waals surface area contributed by atoms with Gasteiger partial charge in [0.05, 0.1) is 17.4 Å². The molecule has 1 heterocycles. The normalized spacial score (nSPS) is 11.2. The van der Waals surface area contributed by atoms with Gasteiger partial charge in [-0.05, 0) is 18.8 Å².